The number of nitrogens with zero attached hydrogens (tertiary/aromatic N) is 4. The standard InChI is InChI=1S/C18H16N6O4/c19-17(23-21-7-11-1-3-13-15(5-11)27-9-25-13)18(20)24-22-8-12-2-4-14-16(6-12)28-10-26-14/h1-8H,9-10H2,(H2,19,23)(H2,20,24)/b21-7+,22-8+. The normalized spacial score (nSPS) is 15.7. The molecule has 2 aromatic rings. The van der Waals surface area contributed by atoms with Crippen molar-refractivity contribution in [1.82, 2.24) is 0 Å². The molecule has 4 N–H and O–H groups in total. The lowest BCUT2D eigenvalue weighted by Gasteiger charge is -1.97. The van der Waals surface area contributed by atoms with Crippen molar-refractivity contribution in [1.29, 1.82) is 0 Å². The van der Waals surface area contributed by atoms with E-state index in [4.69, 9.17) is 30.4 Å². The maximum Gasteiger partial charge on any atom is 0.231 e. The number of hydrogen-bond donors (Lipinski definition) is 2. The van der Waals surface area contributed by atoms with Gasteiger partial charge in [-0.3, -0.25) is 0 Å². The zero-order chi connectivity index (χ0) is 19.3. The molecule has 0 unspecified atom stereocenters. The third kappa shape index (κ3) is 3.85. The Morgan fingerprint density at radius 1 is 0.679 bits per heavy atom. The summed E-state index contributed by atoms with van der Waals surface area (Å²) < 4.78 is 21.1. The van der Waals surface area contributed by atoms with Gasteiger partial charge < -0.3 is 30.4 Å². The Morgan fingerprint density at radius 3 is 1.57 bits per heavy atom. The molecule has 2 aliphatic heterocycles. The van der Waals surface area contributed by atoms with Crippen LogP contribution in [0, 0.1) is 0 Å². The van der Waals surface area contributed by atoms with Gasteiger partial charge in [0, 0.05) is 0 Å². The van der Waals surface area contributed by atoms with Crippen LogP contribution in [0.25, 0.3) is 0 Å². The molecule has 28 heavy (non-hydrogen) atoms. The molecular weight excluding hydrogens is 364 g/mol. The van der Waals surface area contributed by atoms with Crippen molar-refractivity contribution >= 4 is 24.1 Å². The average Bonchev–Trinajstić information content (AvgIpc) is 3.36. The Morgan fingerprint density at radius 2 is 1.11 bits per heavy atom. The molecule has 0 saturated carbocycles. The highest BCUT2D eigenvalue weighted by molar-refractivity contribution is 6.39. The maximum atomic E-state index is 5.75. The summed E-state index contributed by atoms with van der Waals surface area (Å²) in [6.45, 7) is 0.418. The van der Waals surface area contributed by atoms with Gasteiger partial charge in [-0.15, -0.1) is 10.2 Å². The van der Waals surface area contributed by atoms with E-state index in [1.165, 1.54) is 12.4 Å². The van der Waals surface area contributed by atoms with Gasteiger partial charge in [-0.2, -0.15) is 10.2 Å². The van der Waals surface area contributed by atoms with Crippen LogP contribution < -0.4 is 30.4 Å². The second-order valence-corrected chi connectivity index (χ2v) is 5.69. The van der Waals surface area contributed by atoms with Crippen molar-refractivity contribution in [3.63, 3.8) is 0 Å². The molecule has 2 aromatic carbocycles. The van der Waals surface area contributed by atoms with Gasteiger partial charge in [-0.1, -0.05) is 0 Å². The van der Waals surface area contributed by atoms with Crippen LogP contribution >= 0.6 is 0 Å². The lowest BCUT2D eigenvalue weighted by Crippen LogP contribution is -2.30. The summed E-state index contributed by atoms with van der Waals surface area (Å²) in [5.41, 5.74) is 13.1. The highest BCUT2D eigenvalue weighted by atomic mass is 16.7. The van der Waals surface area contributed by atoms with Crippen molar-refractivity contribution in [2.45, 2.75) is 0 Å². The fraction of sp³-hybridized carbons (Fsp3) is 0.111. The van der Waals surface area contributed by atoms with Gasteiger partial charge in [0.2, 0.25) is 13.6 Å². The minimum atomic E-state index is -0.0557. The fourth-order valence-electron chi connectivity index (χ4n) is 2.40. The average molecular weight is 380 g/mol. The van der Waals surface area contributed by atoms with E-state index in [1.54, 1.807) is 24.3 Å². The first-order valence-electron chi connectivity index (χ1n) is 8.22. The van der Waals surface area contributed by atoms with E-state index in [0.29, 0.717) is 23.0 Å². The number of nitrogens with two attached hydrogens (primary N) is 2. The molecule has 0 aliphatic carbocycles. The summed E-state index contributed by atoms with van der Waals surface area (Å²) in [6, 6.07) is 10.8. The van der Waals surface area contributed by atoms with Crippen LogP contribution in [-0.4, -0.2) is 37.7 Å². The number of fused-ring (bicyclic) bond motifs is 2. The minimum absolute atomic E-state index is 0.0557. The predicted octanol–water partition coefficient (Wildman–Crippen LogP) is 1.23. The van der Waals surface area contributed by atoms with Crippen LogP contribution in [0.1, 0.15) is 11.1 Å². The van der Waals surface area contributed by atoms with Gasteiger partial charge in [0.25, 0.3) is 0 Å². The van der Waals surface area contributed by atoms with Crippen LogP contribution in [0.5, 0.6) is 23.0 Å². The molecular formula is C18H16N6O4. The second-order valence-electron chi connectivity index (χ2n) is 5.69. The van der Waals surface area contributed by atoms with E-state index in [0.717, 1.165) is 11.1 Å². The summed E-state index contributed by atoms with van der Waals surface area (Å²) in [6.07, 6.45) is 3.02. The summed E-state index contributed by atoms with van der Waals surface area (Å²) >= 11 is 0. The third-order valence-corrected chi connectivity index (χ3v) is 3.80. The smallest absolute Gasteiger partial charge is 0.231 e. The highest BCUT2D eigenvalue weighted by Gasteiger charge is 2.13. The van der Waals surface area contributed by atoms with Gasteiger partial charge in [0.15, 0.2) is 34.7 Å². The Kier molecular flexibility index (Phi) is 4.74. The van der Waals surface area contributed by atoms with Crippen molar-refractivity contribution < 1.29 is 18.9 Å². The molecule has 2 aliphatic rings. The summed E-state index contributed by atoms with van der Waals surface area (Å²) in [4.78, 5) is 0. The molecule has 10 heteroatoms. The Balaban J connectivity index is 1.38. The number of ether oxygens (including phenoxy) is 4. The van der Waals surface area contributed by atoms with Crippen LogP contribution in [0.4, 0.5) is 0 Å². The molecule has 2 heterocycles. The van der Waals surface area contributed by atoms with Crippen molar-refractivity contribution in [3.8, 4) is 23.0 Å². The molecule has 0 aromatic heterocycles. The predicted molar refractivity (Wildman–Crippen MR) is 104 cm³/mol. The minimum Gasteiger partial charge on any atom is -0.454 e. The zero-order valence-electron chi connectivity index (χ0n) is 14.6. The van der Waals surface area contributed by atoms with Crippen LogP contribution in [-0.2, 0) is 0 Å². The maximum absolute atomic E-state index is 5.75. The van der Waals surface area contributed by atoms with Crippen molar-refractivity contribution in [2.24, 2.45) is 31.9 Å². The van der Waals surface area contributed by atoms with Crippen molar-refractivity contribution in [3.05, 3.63) is 47.5 Å². The molecule has 0 radical (unpaired) electrons. The van der Waals surface area contributed by atoms with E-state index in [1.807, 2.05) is 12.1 Å². The Labute approximate surface area is 159 Å². The summed E-state index contributed by atoms with van der Waals surface area (Å²) in [5, 5.41) is 15.4. The van der Waals surface area contributed by atoms with E-state index in [-0.39, 0.29) is 25.3 Å². The first-order chi connectivity index (χ1) is 13.7. The fourth-order valence-corrected chi connectivity index (χ4v) is 2.40. The Hall–Kier alpha value is -4.08. The largest absolute Gasteiger partial charge is 0.454 e. The third-order valence-electron chi connectivity index (χ3n) is 3.80. The number of amidine groups is 2. The van der Waals surface area contributed by atoms with Crippen LogP contribution in [0.15, 0.2) is 56.8 Å². The molecule has 142 valence electrons. The summed E-state index contributed by atoms with van der Waals surface area (Å²) in [5.74, 6) is 2.58. The highest BCUT2D eigenvalue weighted by Crippen LogP contribution is 2.32. The molecule has 0 saturated heterocycles. The lowest BCUT2D eigenvalue weighted by atomic mass is 10.2. The number of rotatable bonds is 4. The Bertz CT molecular complexity index is 934. The van der Waals surface area contributed by atoms with Gasteiger partial charge in [-0.25, -0.2) is 0 Å². The van der Waals surface area contributed by atoms with Gasteiger partial charge in [0.05, 0.1) is 12.4 Å². The zero-order valence-corrected chi connectivity index (χ0v) is 14.6. The SMILES string of the molecule is NC(=N/N=C/c1ccc2c(c1)OCO2)C(N)=N/N=C/c1ccc2c(c1)OCO2. The monoisotopic (exact) mass is 380 g/mol. The number of hydrogen-bond acceptors (Lipinski definition) is 8. The van der Waals surface area contributed by atoms with E-state index < -0.39 is 0 Å². The van der Waals surface area contributed by atoms with Gasteiger partial charge in [0.1, 0.15) is 0 Å². The lowest BCUT2D eigenvalue weighted by molar-refractivity contribution is 0.173. The summed E-state index contributed by atoms with van der Waals surface area (Å²) in [7, 11) is 0. The number of benzene rings is 2. The quantitative estimate of drug-likeness (QED) is 0.465. The van der Waals surface area contributed by atoms with Crippen molar-refractivity contribution in [2.75, 3.05) is 13.6 Å². The topological polar surface area (TPSA) is 138 Å². The molecule has 0 fully saturated rings. The second kappa shape index (κ2) is 7.66. The van der Waals surface area contributed by atoms with Crippen LogP contribution in [0.3, 0.4) is 0 Å². The molecule has 0 amide bonds. The van der Waals surface area contributed by atoms with Gasteiger partial charge in [-0.05, 0) is 47.5 Å². The molecule has 0 bridgehead atoms. The van der Waals surface area contributed by atoms with Crippen LogP contribution in [0.2, 0.25) is 0 Å². The molecule has 0 atom stereocenters. The molecule has 4 rings (SSSR count). The first-order valence-corrected chi connectivity index (χ1v) is 8.22. The van der Waals surface area contributed by atoms with Gasteiger partial charge >= 0.3 is 0 Å². The molecule has 0 spiro atoms. The van der Waals surface area contributed by atoms with E-state index in [9.17, 15) is 0 Å². The first kappa shape index (κ1) is 17.3. The molecule has 10 nitrogen and oxygen atoms in total. The van der Waals surface area contributed by atoms with E-state index in [2.05, 4.69) is 20.4 Å². The van der Waals surface area contributed by atoms with E-state index >= 15 is 0 Å².